The highest BCUT2D eigenvalue weighted by Crippen LogP contribution is 2.26. The number of benzene rings is 1. The van der Waals surface area contributed by atoms with Crippen molar-refractivity contribution in [3.8, 4) is 5.75 Å². The van der Waals surface area contributed by atoms with Crippen LogP contribution in [0.25, 0.3) is 0 Å². The number of ether oxygens (including phenoxy) is 1. The highest BCUT2D eigenvalue weighted by atomic mass is 16.5. The summed E-state index contributed by atoms with van der Waals surface area (Å²) in [5, 5.41) is 6.73. The van der Waals surface area contributed by atoms with Crippen molar-refractivity contribution in [2.75, 3.05) is 17.7 Å². The predicted molar refractivity (Wildman–Crippen MR) is 88.8 cm³/mol. The van der Waals surface area contributed by atoms with Gasteiger partial charge in [0.25, 0.3) is 0 Å². The fourth-order valence-corrected chi connectivity index (χ4v) is 2.82. The van der Waals surface area contributed by atoms with Crippen molar-refractivity contribution in [1.29, 1.82) is 0 Å². The zero-order valence-electron chi connectivity index (χ0n) is 12.9. The number of hydrogen-bond acceptors (Lipinski definition) is 5. The van der Waals surface area contributed by atoms with Crippen LogP contribution in [-0.4, -0.2) is 23.1 Å². The molecule has 0 spiro atoms. The molecule has 1 aromatic carbocycles. The van der Waals surface area contributed by atoms with Gasteiger partial charge >= 0.3 is 0 Å². The Morgan fingerprint density at radius 3 is 2.73 bits per heavy atom. The summed E-state index contributed by atoms with van der Waals surface area (Å²) in [5.41, 5.74) is 0.861. The molecule has 1 aromatic heterocycles. The summed E-state index contributed by atoms with van der Waals surface area (Å²) in [4.78, 5) is 8.83. The number of rotatable bonds is 5. The lowest BCUT2D eigenvalue weighted by molar-refractivity contribution is 0.417. The Labute approximate surface area is 131 Å². The van der Waals surface area contributed by atoms with Gasteiger partial charge in [0.2, 0.25) is 5.95 Å². The Balaban J connectivity index is 1.70. The minimum absolute atomic E-state index is 0.530. The van der Waals surface area contributed by atoms with Crippen molar-refractivity contribution in [2.45, 2.75) is 38.1 Å². The van der Waals surface area contributed by atoms with Crippen LogP contribution in [0, 0.1) is 0 Å². The number of anilines is 3. The second kappa shape index (κ2) is 7.11. The molecule has 5 nitrogen and oxygen atoms in total. The van der Waals surface area contributed by atoms with Crippen LogP contribution in [-0.2, 0) is 0 Å². The normalized spacial score (nSPS) is 15.3. The first-order valence-electron chi connectivity index (χ1n) is 7.85. The van der Waals surface area contributed by atoms with E-state index in [1.54, 1.807) is 13.3 Å². The highest BCUT2D eigenvalue weighted by Gasteiger charge is 2.13. The second-order valence-electron chi connectivity index (χ2n) is 5.57. The Kier molecular flexibility index (Phi) is 4.73. The molecule has 5 heteroatoms. The molecule has 1 aliphatic rings. The molecule has 2 N–H and O–H groups in total. The molecular weight excluding hydrogens is 276 g/mol. The van der Waals surface area contributed by atoms with Gasteiger partial charge in [0.15, 0.2) is 0 Å². The maximum Gasteiger partial charge on any atom is 0.229 e. The Morgan fingerprint density at radius 2 is 1.91 bits per heavy atom. The lowest BCUT2D eigenvalue weighted by Gasteiger charge is -2.23. The van der Waals surface area contributed by atoms with Crippen molar-refractivity contribution in [3.63, 3.8) is 0 Å². The van der Waals surface area contributed by atoms with Gasteiger partial charge in [-0.3, -0.25) is 0 Å². The quantitative estimate of drug-likeness (QED) is 0.874. The molecule has 1 fully saturated rings. The third-order valence-electron chi connectivity index (χ3n) is 3.97. The van der Waals surface area contributed by atoms with Gasteiger partial charge in [-0.2, -0.15) is 4.98 Å². The van der Waals surface area contributed by atoms with Gasteiger partial charge in [0, 0.05) is 12.2 Å². The van der Waals surface area contributed by atoms with E-state index in [2.05, 4.69) is 20.6 Å². The van der Waals surface area contributed by atoms with Crippen LogP contribution in [0.1, 0.15) is 32.1 Å². The molecule has 1 aliphatic carbocycles. The van der Waals surface area contributed by atoms with Crippen LogP contribution in [0.2, 0.25) is 0 Å². The van der Waals surface area contributed by atoms with E-state index in [4.69, 9.17) is 4.74 Å². The first-order valence-corrected chi connectivity index (χ1v) is 7.85. The van der Waals surface area contributed by atoms with Crippen LogP contribution in [0.3, 0.4) is 0 Å². The molecule has 0 aliphatic heterocycles. The van der Waals surface area contributed by atoms with Crippen LogP contribution in [0.5, 0.6) is 5.75 Å². The molecule has 0 bridgehead atoms. The topological polar surface area (TPSA) is 59.1 Å². The molecule has 0 amide bonds. The van der Waals surface area contributed by atoms with Crippen molar-refractivity contribution >= 4 is 17.5 Å². The standard InChI is InChI=1S/C17H22N4O/c1-22-15-10-6-5-9-14(15)20-17-18-12-11-16(21-17)19-13-7-3-2-4-8-13/h5-6,9-13H,2-4,7-8H2,1H3,(H2,18,19,20,21). The fourth-order valence-electron chi connectivity index (χ4n) is 2.82. The summed E-state index contributed by atoms with van der Waals surface area (Å²) in [5.74, 6) is 2.22. The Bertz CT molecular complexity index is 611. The maximum absolute atomic E-state index is 5.34. The van der Waals surface area contributed by atoms with Crippen molar-refractivity contribution in [3.05, 3.63) is 36.5 Å². The van der Waals surface area contributed by atoms with E-state index < -0.39 is 0 Å². The summed E-state index contributed by atoms with van der Waals surface area (Å²) >= 11 is 0. The molecular formula is C17H22N4O. The number of aromatic nitrogens is 2. The van der Waals surface area contributed by atoms with E-state index in [0.29, 0.717) is 12.0 Å². The summed E-state index contributed by atoms with van der Waals surface area (Å²) in [7, 11) is 1.66. The minimum atomic E-state index is 0.530. The zero-order chi connectivity index (χ0) is 15.2. The van der Waals surface area contributed by atoms with Crippen LogP contribution >= 0.6 is 0 Å². The summed E-state index contributed by atoms with van der Waals surface area (Å²) < 4.78 is 5.34. The van der Waals surface area contributed by atoms with Crippen LogP contribution in [0.15, 0.2) is 36.5 Å². The lowest BCUT2D eigenvalue weighted by Crippen LogP contribution is -2.22. The predicted octanol–water partition coefficient (Wildman–Crippen LogP) is 3.97. The molecule has 0 radical (unpaired) electrons. The van der Waals surface area contributed by atoms with E-state index in [9.17, 15) is 0 Å². The smallest absolute Gasteiger partial charge is 0.229 e. The van der Waals surface area contributed by atoms with Gasteiger partial charge in [-0.05, 0) is 31.0 Å². The van der Waals surface area contributed by atoms with E-state index in [-0.39, 0.29) is 0 Å². The van der Waals surface area contributed by atoms with Gasteiger partial charge in [-0.25, -0.2) is 4.98 Å². The number of methoxy groups -OCH3 is 1. The molecule has 22 heavy (non-hydrogen) atoms. The SMILES string of the molecule is COc1ccccc1Nc1nccc(NC2CCCCC2)n1. The van der Waals surface area contributed by atoms with Gasteiger partial charge in [-0.1, -0.05) is 31.4 Å². The van der Waals surface area contributed by atoms with E-state index >= 15 is 0 Å². The number of nitrogens with one attached hydrogen (secondary N) is 2. The molecule has 116 valence electrons. The fraction of sp³-hybridized carbons (Fsp3) is 0.412. The lowest BCUT2D eigenvalue weighted by atomic mass is 9.95. The largest absolute Gasteiger partial charge is 0.495 e. The van der Waals surface area contributed by atoms with Gasteiger partial charge in [0.1, 0.15) is 11.6 Å². The third-order valence-corrected chi connectivity index (χ3v) is 3.97. The minimum Gasteiger partial charge on any atom is -0.495 e. The van der Waals surface area contributed by atoms with E-state index in [1.165, 1.54) is 32.1 Å². The zero-order valence-corrected chi connectivity index (χ0v) is 12.9. The number of hydrogen-bond donors (Lipinski definition) is 2. The second-order valence-corrected chi connectivity index (χ2v) is 5.57. The first kappa shape index (κ1) is 14.6. The Hall–Kier alpha value is -2.30. The van der Waals surface area contributed by atoms with Gasteiger partial charge in [0.05, 0.1) is 12.8 Å². The third kappa shape index (κ3) is 3.67. The molecule has 3 rings (SSSR count). The molecule has 0 saturated heterocycles. The highest BCUT2D eigenvalue weighted by molar-refractivity contribution is 5.62. The number of nitrogens with zero attached hydrogens (tertiary/aromatic N) is 2. The molecule has 0 atom stereocenters. The first-order chi connectivity index (χ1) is 10.8. The molecule has 1 heterocycles. The molecule has 2 aromatic rings. The summed E-state index contributed by atoms with van der Waals surface area (Å²) in [6, 6.07) is 10.2. The van der Waals surface area contributed by atoms with Crippen molar-refractivity contribution < 1.29 is 4.74 Å². The van der Waals surface area contributed by atoms with Gasteiger partial charge < -0.3 is 15.4 Å². The van der Waals surface area contributed by atoms with E-state index in [1.807, 2.05) is 30.3 Å². The average Bonchev–Trinajstić information content (AvgIpc) is 2.57. The number of para-hydroxylation sites is 2. The summed E-state index contributed by atoms with van der Waals surface area (Å²) in [6.45, 7) is 0. The maximum atomic E-state index is 5.34. The Morgan fingerprint density at radius 1 is 1.09 bits per heavy atom. The average molecular weight is 298 g/mol. The van der Waals surface area contributed by atoms with Gasteiger partial charge in [-0.15, -0.1) is 0 Å². The monoisotopic (exact) mass is 298 g/mol. The van der Waals surface area contributed by atoms with E-state index in [0.717, 1.165) is 17.3 Å². The molecule has 1 saturated carbocycles. The van der Waals surface area contributed by atoms with Crippen LogP contribution < -0.4 is 15.4 Å². The molecule has 0 unspecified atom stereocenters. The summed E-state index contributed by atoms with van der Waals surface area (Å²) in [6.07, 6.45) is 8.17. The van der Waals surface area contributed by atoms with Crippen molar-refractivity contribution in [2.24, 2.45) is 0 Å². The van der Waals surface area contributed by atoms with Crippen LogP contribution in [0.4, 0.5) is 17.5 Å². The van der Waals surface area contributed by atoms with Crippen molar-refractivity contribution in [1.82, 2.24) is 9.97 Å².